The van der Waals surface area contributed by atoms with Gasteiger partial charge in [-0.05, 0) is 36.2 Å². The van der Waals surface area contributed by atoms with Gasteiger partial charge in [0.25, 0.3) is 5.91 Å². The van der Waals surface area contributed by atoms with Gasteiger partial charge in [-0.2, -0.15) is 0 Å². The molecule has 1 aliphatic heterocycles. The first-order valence-corrected chi connectivity index (χ1v) is 9.42. The average molecular weight is 352 g/mol. The number of pyridine rings is 1. The fourth-order valence-corrected chi connectivity index (χ4v) is 3.31. The molecule has 138 valence electrons. The smallest absolute Gasteiger partial charge is 0.257 e. The van der Waals surface area contributed by atoms with Crippen LogP contribution in [0.15, 0.2) is 42.6 Å². The SMILES string of the molecule is CCN1CCN(c2ccc(C(=O)Nc3ccccc3C(C)C)cn2)CC1. The molecule has 0 radical (unpaired) electrons. The Labute approximate surface area is 156 Å². The van der Waals surface area contributed by atoms with Gasteiger partial charge in [-0.25, -0.2) is 4.98 Å². The van der Waals surface area contributed by atoms with E-state index in [1.165, 1.54) is 0 Å². The lowest BCUT2D eigenvalue weighted by Gasteiger charge is -2.34. The highest BCUT2D eigenvalue weighted by molar-refractivity contribution is 6.04. The number of carbonyl (C=O) groups excluding carboxylic acids is 1. The summed E-state index contributed by atoms with van der Waals surface area (Å²) in [4.78, 5) is 21.8. The Morgan fingerprint density at radius 2 is 1.85 bits per heavy atom. The standard InChI is InChI=1S/C21H28N4O/c1-4-24-11-13-25(14-12-24)20-10-9-17(15-22-20)21(26)23-19-8-6-5-7-18(19)16(2)3/h5-10,15-16H,4,11-14H2,1-3H3,(H,23,26). The van der Waals surface area contributed by atoms with Crippen LogP contribution in [0, 0.1) is 0 Å². The summed E-state index contributed by atoms with van der Waals surface area (Å²) in [6, 6.07) is 11.8. The van der Waals surface area contributed by atoms with E-state index in [0.29, 0.717) is 11.5 Å². The number of aromatic nitrogens is 1. The Morgan fingerprint density at radius 3 is 2.46 bits per heavy atom. The maximum atomic E-state index is 12.6. The molecule has 1 aromatic carbocycles. The molecule has 5 heteroatoms. The van der Waals surface area contributed by atoms with Crippen LogP contribution < -0.4 is 10.2 Å². The minimum Gasteiger partial charge on any atom is -0.354 e. The van der Waals surface area contributed by atoms with Crippen LogP contribution in [0.4, 0.5) is 11.5 Å². The number of carbonyl (C=O) groups is 1. The Morgan fingerprint density at radius 1 is 1.12 bits per heavy atom. The zero-order valence-electron chi connectivity index (χ0n) is 15.9. The highest BCUT2D eigenvalue weighted by Crippen LogP contribution is 2.24. The fraction of sp³-hybridized carbons (Fsp3) is 0.429. The molecule has 0 spiro atoms. The molecule has 1 amide bonds. The van der Waals surface area contributed by atoms with Crippen LogP contribution in [-0.2, 0) is 0 Å². The van der Waals surface area contributed by atoms with E-state index in [0.717, 1.165) is 49.8 Å². The van der Waals surface area contributed by atoms with Crippen molar-refractivity contribution in [3.63, 3.8) is 0 Å². The minimum absolute atomic E-state index is 0.118. The molecule has 0 atom stereocenters. The van der Waals surface area contributed by atoms with Crippen LogP contribution in [0.25, 0.3) is 0 Å². The minimum atomic E-state index is -0.118. The topological polar surface area (TPSA) is 48.5 Å². The molecule has 3 rings (SSSR count). The largest absolute Gasteiger partial charge is 0.354 e. The van der Waals surface area contributed by atoms with Gasteiger partial charge in [0.15, 0.2) is 0 Å². The molecule has 1 saturated heterocycles. The third kappa shape index (κ3) is 4.22. The number of para-hydroxylation sites is 1. The number of piperazine rings is 1. The van der Waals surface area contributed by atoms with Crippen molar-refractivity contribution in [1.82, 2.24) is 9.88 Å². The number of benzene rings is 1. The summed E-state index contributed by atoms with van der Waals surface area (Å²) in [5.41, 5.74) is 2.59. The van der Waals surface area contributed by atoms with Crippen molar-refractivity contribution in [2.24, 2.45) is 0 Å². The summed E-state index contributed by atoms with van der Waals surface area (Å²) in [5, 5.41) is 3.02. The van der Waals surface area contributed by atoms with Gasteiger partial charge in [0.05, 0.1) is 5.56 Å². The molecule has 2 heterocycles. The molecule has 0 unspecified atom stereocenters. The molecule has 2 aromatic rings. The summed E-state index contributed by atoms with van der Waals surface area (Å²) < 4.78 is 0. The van der Waals surface area contributed by atoms with Crippen molar-refractivity contribution in [1.29, 1.82) is 0 Å². The third-order valence-corrected chi connectivity index (χ3v) is 4.98. The summed E-state index contributed by atoms with van der Waals surface area (Å²) in [7, 11) is 0. The molecular weight excluding hydrogens is 324 g/mol. The second-order valence-corrected chi connectivity index (χ2v) is 7.02. The van der Waals surface area contributed by atoms with E-state index in [9.17, 15) is 4.79 Å². The first-order chi connectivity index (χ1) is 12.6. The van der Waals surface area contributed by atoms with Crippen molar-refractivity contribution in [3.8, 4) is 0 Å². The molecular formula is C21H28N4O. The van der Waals surface area contributed by atoms with Gasteiger partial charge in [-0.1, -0.05) is 39.0 Å². The lowest BCUT2D eigenvalue weighted by atomic mass is 10.0. The molecule has 0 saturated carbocycles. The van der Waals surface area contributed by atoms with E-state index in [-0.39, 0.29) is 5.91 Å². The molecule has 5 nitrogen and oxygen atoms in total. The molecule has 0 bridgehead atoms. The number of hydrogen-bond donors (Lipinski definition) is 1. The second-order valence-electron chi connectivity index (χ2n) is 7.02. The van der Waals surface area contributed by atoms with Crippen molar-refractivity contribution >= 4 is 17.4 Å². The lowest BCUT2D eigenvalue weighted by molar-refractivity contribution is 0.102. The lowest BCUT2D eigenvalue weighted by Crippen LogP contribution is -2.46. The van der Waals surface area contributed by atoms with Gasteiger partial charge < -0.3 is 15.1 Å². The van der Waals surface area contributed by atoms with Gasteiger partial charge in [0.1, 0.15) is 5.82 Å². The number of nitrogens with one attached hydrogen (secondary N) is 1. The monoisotopic (exact) mass is 352 g/mol. The predicted molar refractivity (Wildman–Crippen MR) is 107 cm³/mol. The van der Waals surface area contributed by atoms with E-state index in [1.54, 1.807) is 6.20 Å². The van der Waals surface area contributed by atoms with Gasteiger partial charge in [0, 0.05) is 38.1 Å². The van der Waals surface area contributed by atoms with E-state index < -0.39 is 0 Å². The quantitative estimate of drug-likeness (QED) is 0.893. The van der Waals surface area contributed by atoms with Crippen LogP contribution in [0.1, 0.15) is 42.6 Å². The molecule has 1 aromatic heterocycles. The van der Waals surface area contributed by atoms with Crippen molar-refractivity contribution in [3.05, 3.63) is 53.7 Å². The molecule has 1 N–H and O–H groups in total. The van der Waals surface area contributed by atoms with Crippen LogP contribution in [0.3, 0.4) is 0 Å². The number of hydrogen-bond acceptors (Lipinski definition) is 4. The maximum absolute atomic E-state index is 12.6. The molecule has 1 aliphatic rings. The van der Waals surface area contributed by atoms with Crippen molar-refractivity contribution in [2.75, 3.05) is 42.9 Å². The zero-order valence-corrected chi connectivity index (χ0v) is 15.9. The summed E-state index contributed by atoms with van der Waals surface area (Å²) >= 11 is 0. The van der Waals surface area contributed by atoms with E-state index >= 15 is 0 Å². The number of likely N-dealkylation sites (N-methyl/N-ethyl adjacent to an activating group) is 1. The highest BCUT2D eigenvalue weighted by Gasteiger charge is 2.17. The van der Waals surface area contributed by atoms with Gasteiger partial charge in [-0.3, -0.25) is 4.79 Å². The molecule has 1 fully saturated rings. The first kappa shape index (κ1) is 18.4. The second kappa shape index (κ2) is 8.32. The van der Waals surface area contributed by atoms with E-state index in [2.05, 4.69) is 46.9 Å². The average Bonchev–Trinajstić information content (AvgIpc) is 2.68. The van der Waals surface area contributed by atoms with Crippen LogP contribution in [-0.4, -0.2) is 48.5 Å². The van der Waals surface area contributed by atoms with Crippen molar-refractivity contribution in [2.45, 2.75) is 26.7 Å². The zero-order chi connectivity index (χ0) is 18.5. The number of nitrogens with zero attached hydrogens (tertiary/aromatic N) is 3. The maximum Gasteiger partial charge on any atom is 0.257 e. The number of anilines is 2. The fourth-order valence-electron chi connectivity index (χ4n) is 3.31. The summed E-state index contributed by atoms with van der Waals surface area (Å²) in [6.45, 7) is 11.6. The van der Waals surface area contributed by atoms with Crippen LogP contribution >= 0.6 is 0 Å². The molecule has 0 aliphatic carbocycles. The van der Waals surface area contributed by atoms with E-state index in [4.69, 9.17) is 0 Å². The number of amides is 1. The van der Waals surface area contributed by atoms with Crippen LogP contribution in [0.5, 0.6) is 0 Å². The number of rotatable bonds is 5. The Kier molecular flexibility index (Phi) is 5.89. The third-order valence-electron chi connectivity index (χ3n) is 4.98. The Hall–Kier alpha value is -2.40. The van der Waals surface area contributed by atoms with Gasteiger partial charge in [-0.15, -0.1) is 0 Å². The normalized spacial score (nSPS) is 15.3. The van der Waals surface area contributed by atoms with Crippen molar-refractivity contribution < 1.29 is 4.79 Å². The highest BCUT2D eigenvalue weighted by atomic mass is 16.1. The Bertz CT molecular complexity index is 734. The first-order valence-electron chi connectivity index (χ1n) is 9.42. The van der Waals surface area contributed by atoms with E-state index in [1.807, 2.05) is 30.3 Å². The summed E-state index contributed by atoms with van der Waals surface area (Å²) in [6.07, 6.45) is 1.68. The Balaban J connectivity index is 1.66. The van der Waals surface area contributed by atoms with Gasteiger partial charge in [0.2, 0.25) is 0 Å². The van der Waals surface area contributed by atoms with Gasteiger partial charge >= 0.3 is 0 Å². The van der Waals surface area contributed by atoms with Crippen LogP contribution in [0.2, 0.25) is 0 Å². The predicted octanol–water partition coefficient (Wildman–Crippen LogP) is 3.60. The summed E-state index contributed by atoms with van der Waals surface area (Å²) in [5.74, 6) is 1.18. The molecule has 26 heavy (non-hydrogen) atoms.